The Bertz CT molecular complexity index is 1140. The summed E-state index contributed by atoms with van der Waals surface area (Å²) in [6.45, 7) is 2.50. The number of aliphatic hydroxyl groups is 1. The van der Waals surface area contributed by atoms with E-state index < -0.39 is 12.0 Å². The lowest BCUT2D eigenvalue weighted by Gasteiger charge is -2.15. The van der Waals surface area contributed by atoms with Crippen LogP contribution in [0.15, 0.2) is 70.2 Å². The Morgan fingerprint density at radius 3 is 2.61 bits per heavy atom. The third kappa shape index (κ3) is 6.95. The van der Waals surface area contributed by atoms with E-state index in [0.717, 1.165) is 5.56 Å². The third-order valence-electron chi connectivity index (χ3n) is 4.47. The zero-order valence-electron chi connectivity index (χ0n) is 17.6. The first-order valence-electron chi connectivity index (χ1n) is 9.98. The molecular weight excluding hydrogens is 531 g/mol. The van der Waals surface area contributed by atoms with E-state index in [0.29, 0.717) is 43.8 Å². The van der Waals surface area contributed by atoms with Crippen LogP contribution < -0.4 is 14.9 Å². The number of aliphatic hydroxyl groups excluding tert-OH is 1. The van der Waals surface area contributed by atoms with Gasteiger partial charge in [-0.25, -0.2) is 5.43 Å². The lowest BCUT2D eigenvalue weighted by Crippen LogP contribution is -2.25. The number of ether oxygens (including phenoxy) is 2. The molecular formula is C24H21BrCl2N2O4. The first-order valence-corrected chi connectivity index (χ1v) is 11.5. The van der Waals surface area contributed by atoms with Gasteiger partial charge in [0.2, 0.25) is 0 Å². The van der Waals surface area contributed by atoms with Gasteiger partial charge in [-0.3, -0.25) is 4.79 Å². The number of hydrogen-bond donors (Lipinski definition) is 2. The summed E-state index contributed by atoms with van der Waals surface area (Å²) in [4.78, 5) is 12.1. The van der Waals surface area contributed by atoms with Crippen molar-refractivity contribution in [3.05, 3.63) is 91.9 Å². The molecule has 0 fully saturated rings. The van der Waals surface area contributed by atoms with Gasteiger partial charge in [0, 0.05) is 15.6 Å². The molecule has 172 valence electrons. The number of nitrogens with zero attached hydrogens (tertiary/aromatic N) is 1. The molecule has 33 heavy (non-hydrogen) atoms. The molecule has 0 aliphatic carbocycles. The van der Waals surface area contributed by atoms with E-state index >= 15 is 0 Å². The molecule has 0 unspecified atom stereocenters. The van der Waals surface area contributed by atoms with Crippen molar-refractivity contribution >= 4 is 51.3 Å². The quantitative estimate of drug-likeness (QED) is 0.255. The van der Waals surface area contributed by atoms with Gasteiger partial charge in [-0.1, -0.05) is 59.6 Å². The number of carbonyl (C=O) groups is 1. The molecule has 0 saturated carbocycles. The predicted molar refractivity (Wildman–Crippen MR) is 133 cm³/mol. The van der Waals surface area contributed by atoms with Crippen molar-refractivity contribution in [3.63, 3.8) is 0 Å². The first-order chi connectivity index (χ1) is 15.9. The van der Waals surface area contributed by atoms with Crippen molar-refractivity contribution in [1.29, 1.82) is 0 Å². The maximum absolute atomic E-state index is 12.1. The second-order valence-corrected chi connectivity index (χ2v) is 8.53. The van der Waals surface area contributed by atoms with E-state index in [9.17, 15) is 9.90 Å². The smallest absolute Gasteiger partial charge is 0.273 e. The van der Waals surface area contributed by atoms with Gasteiger partial charge in [0.1, 0.15) is 6.61 Å². The molecule has 6 nitrogen and oxygen atoms in total. The van der Waals surface area contributed by atoms with Gasteiger partial charge in [0.05, 0.1) is 17.3 Å². The molecule has 0 heterocycles. The fourth-order valence-electron chi connectivity index (χ4n) is 2.87. The van der Waals surface area contributed by atoms with Crippen molar-refractivity contribution < 1.29 is 19.4 Å². The minimum Gasteiger partial charge on any atom is -0.490 e. The molecule has 0 saturated heterocycles. The van der Waals surface area contributed by atoms with Crippen LogP contribution in [0.1, 0.15) is 29.7 Å². The molecule has 9 heteroatoms. The maximum Gasteiger partial charge on any atom is 0.273 e. The number of hydrazone groups is 1. The second kappa shape index (κ2) is 12.0. The van der Waals surface area contributed by atoms with E-state index in [1.165, 1.54) is 6.21 Å². The summed E-state index contributed by atoms with van der Waals surface area (Å²) in [6, 6.07) is 17.3. The molecule has 1 atom stereocenters. The Kier molecular flexibility index (Phi) is 9.14. The summed E-state index contributed by atoms with van der Waals surface area (Å²) < 4.78 is 12.3. The van der Waals surface area contributed by atoms with E-state index in [1.54, 1.807) is 60.7 Å². The van der Waals surface area contributed by atoms with Crippen molar-refractivity contribution in [3.8, 4) is 11.5 Å². The van der Waals surface area contributed by atoms with Gasteiger partial charge in [0.25, 0.3) is 5.91 Å². The maximum atomic E-state index is 12.1. The largest absolute Gasteiger partial charge is 0.490 e. The Balaban J connectivity index is 1.71. The van der Waals surface area contributed by atoms with Gasteiger partial charge in [-0.15, -0.1) is 0 Å². The normalized spacial score (nSPS) is 11.9. The Hall–Kier alpha value is -2.58. The Morgan fingerprint density at radius 2 is 1.91 bits per heavy atom. The summed E-state index contributed by atoms with van der Waals surface area (Å²) in [7, 11) is 0. The molecule has 1 amide bonds. The fraction of sp³-hybridized carbons (Fsp3) is 0.167. The summed E-state index contributed by atoms with van der Waals surface area (Å²) in [6.07, 6.45) is 0.132. The van der Waals surface area contributed by atoms with Gasteiger partial charge in [-0.2, -0.15) is 5.10 Å². The van der Waals surface area contributed by atoms with E-state index in [4.69, 9.17) is 32.7 Å². The van der Waals surface area contributed by atoms with Crippen LogP contribution in [0.2, 0.25) is 10.0 Å². The number of carbonyl (C=O) groups excluding carboxylic acids is 1. The molecule has 2 N–H and O–H groups in total. The fourth-order valence-corrected chi connectivity index (χ4v) is 3.91. The van der Waals surface area contributed by atoms with Crippen molar-refractivity contribution in [2.75, 3.05) is 6.61 Å². The van der Waals surface area contributed by atoms with Crippen molar-refractivity contribution in [2.45, 2.75) is 19.6 Å². The predicted octanol–water partition coefficient (Wildman–Crippen LogP) is 5.92. The van der Waals surface area contributed by atoms with Crippen LogP contribution in [0.3, 0.4) is 0 Å². The highest BCUT2D eigenvalue weighted by Gasteiger charge is 2.16. The molecule has 0 aromatic heterocycles. The number of rotatable bonds is 9. The Labute approximate surface area is 210 Å². The van der Waals surface area contributed by atoms with Crippen LogP contribution >= 0.6 is 39.1 Å². The molecule has 0 bridgehead atoms. The van der Waals surface area contributed by atoms with Gasteiger partial charge in [-0.05, 0) is 58.2 Å². The highest BCUT2D eigenvalue weighted by atomic mass is 79.9. The second-order valence-electron chi connectivity index (χ2n) is 6.83. The van der Waals surface area contributed by atoms with E-state index in [-0.39, 0.29) is 6.61 Å². The number of benzene rings is 3. The minimum absolute atomic E-state index is 0.218. The molecule has 0 aliphatic rings. The lowest BCUT2D eigenvalue weighted by atomic mass is 10.1. The lowest BCUT2D eigenvalue weighted by molar-refractivity contribution is -0.129. The highest BCUT2D eigenvalue weighted by molar-refractivity contribution is 9.10. The zero-order valence-corrected chi connectivity index (χ0v) is 20.7. The highest BCUT2D eigenvalue weighted by Crippen LogP contribution is 2.37. The van der Waals surface area contributed by atoms with Gasteiger partial charge in [0.15, 0.2) is 17.6 Å². The molecule has 3 aromatic rings. The molecule has 0 aliphatic heterocycles. The van der Waals surface area contributed by atoms with Crippen LogP contribution in [0.25, 0.3) is 0 Å². The molecule has 0 radical (unpaired) electrons. The minimum atomic E-state index is -1.32. The summed E-state index contributed by atoms with van der Waals surface area (Å²) >= 11 is 15.7. The monoisotopic (exact) mass is 550 g/mol. The summed E-state index contributed by atoms with van der Waals surface area (Å²) in [5.74, 6) is 0.360. The average Bonchev–Trinajstić information content (AvgIpc) is 2.80. The topological polar surface area (TPSA) is 80.2 Å². The molecule has 0 spiro atoms. The Morgan fingerprint density at radius 1 is 1.15 bits per heavy atom. The van der Waals surface area contributed by atoms with Crippen LogP contribution in [-0.4, -0.2) is 23.8 Å². The van der Waals surface area contributed by atoms with Gasteiger partial charge < -0.3 is 14.6 Å². The number of amides is 1. The van der Waals surface area contributed by atoms with Crippen LogP contribution in [0.5, 0.6) is 11.5 Å². The standard InChI is InChI=1S/C24H21BrCl2N2O4/c1-2-32-21-11-15(13-28-29-24(31)22(30)16-6-4-3-5-7-16)10-19(25)23(21)33-14-17-8-9-18(26)12-20(17)27/h3-13,22,30H,2,14H2,1H3,(H,29,31)/b28-13-/t22-/m1/s1. The van der Waals surface area contributed by atoms with Crippen molar-refractivity contribution in [1.82, 2.24) is 5.43 Å². The number of nitrogens with one attached hydrogen (secondary N) is 1. The van der Waals surface area contributed by atoms with Crippen molar-refractivity contribution in [2.24, 2.45) is 5.10 Å². The number of hydrogen-bond acceptors (Lipinski definition) is 5. The zero-order chi connectivity index (χ0) is 23.8. The SMILES string of the molecule is CCOc1cc(/C=N\NC(=O)[C@H](O)c2ccccc2)cc(Br)c1OCc1ccc(Cl)cc1Cl. The number of halogens is 3. The first kappa shape index (κ1) is 25.1. The molecule has 3 rings (SSSR count). The van der Waals surface area contributed by atoms with Crippen LogP contribution in [0, 0.1) is 0 Å². The van der Waals surface area contributed by atoms with E-state index in [1.807, 2.05) is 6.92 Å². The third-order valence-corrected chi connectivity index (χ3v) is 5.65. The molecule has 3 aromatic carbocycles. The summed E-state index contributed by atoms with van der Waals surface area (Å²) in [5.41, 5.74) is 4.25. The average molecular weight is 552 g/mol. The van der Waals surface area contributed by atoms with E-state index in [2.05, 4.69) is 26.5 Å². The van der Waals surface area contributed by atoms with Gasteiger partial charge >= 0.3 is 0 Å². The summed E-state index contributed by atoms with van der Waals surface area (Å²) in [5, 5.41) is 15.1. The van der Waals surface area contributed by atoms with Crippen LogP contribution in [-0.2, 0) is 11.4 Å². The van der Waals surface area contributed by atoms with Crippen LogP contribution in [0.4, 0.5) is 0 Å².